The van der Waals surface area contributed by atoms with E-state index in [0.717, 1.165) is 25.1 Å². The molecule has 31 heavy (non-hydrogen) atoms. The van der Waals surface area contributed by atoms with Gasteiger partial charge in [0.05, 0.1) is 0 Å². The summed E-state index contributed by atoms with van der Waals surface area (Å²) in [5, 5.41) is 0.0896. The van der Waals surface area contributed by atoms with Gasteiger partial charge in [-0.2, -0.15) is 0 Å². The van der Waals surface area contributed by atoms with Gasteiger partial charge in [-0.3, -0.25) is 4.79 Å². The second kappa shape index (κ2) is 11.5. The first kappa shape index (κ1) is 25.2. The third kappa shape index (κ3) is 7.82. The van der Waals surface area contributed by atoms with Crippen LogP contribution in [-0.4, -0.2) is 32.5 Å². The van der Waals surface area contributed by atoms with Crippen LogP contribution >= 0.6 is 0 Å². The lowest BCUT2D eigenvalue weighted by molar-refractivity contribution is 0.110. The van der Waals surface area contributed by atoms with E-state index in [1.165, 1.54) is 31.4 Å². The number of carbonyl (C=O) groups excluding carboxylic acids is 1. The molecule has 0 amide bonds. The summed E-state index contributed by atoms with van der Waals surface area (Å²) < 4.78 is 5.37. The van der Waals surface area contributed by atoms with Crippen LogP contribution in [0, 0.1) is 0 Å². The molecule has 0 spiro atoms. The van der Waals surface area contributed by atoms with Crippen molar-refractivity contribution < 1.29 is 14.0 Å². The molecule has 0 aliphatic heterocycles. The second-order valence-corrected chi connectivity index (χ2v) is 13.9. The molecule has 0 atom stereocenters. The van der Waals surface area contributed by atoms with Crippen LogP contribution in [0.15, 0.2) is 40.8 Å². The van der Waals surface area contributed by atoms with Crippen LogP contribution in [0.4, 0.5) is 5.69 Å². The van der Waals surface area contributed by atoms with E-state index >= 15 is 0 Å². The predicted molar refractivity (Wildman–Crippen MR) is 134 cm³/mol. The highest BCUT2D eigenvalue weighted by Gasteiger charge is 2.37. The number of unbranched alkanes of at least 4 members (excludes halogenated alkanes) is 3. The Morgan fingerprint density at radius 3 is 2.19 bits per heavy atom. The van der Waals surface area contributed by atoms with E-state index in [-0.39, 0.29) is 5.04 Å². The Bertz CT molecular complexity index is 831. The lowest BCUT2D eigenvalue weighted by Gasteiger charge is -2.35. The molecule has 4 nitrogen and oxygen atoms in total. The fourth-order valence-electron chi connectivity index (χ4n) is 3.49. The van der Waals surface area contributed by atoms with Gasteiger partial charge in [-0.1, -0.05) is 51.3 Å². The SMILES string of the molecule is CCN(CCCCCCC(C)(C)[Si](C)(C)O)c1ccc(/C=C/c2ccc(C=O)o2)cc1. The van der Waals surface area contributed by atoms with E-state index < -0.39 is 8.32 Å². The molecule has 170 valence electrons. The Morgan fingerprint density at radius 1 is 0.968 bits per heavy atom. The summed E-state index contributed by atoms with van der Waals surface area (Å²) in [5.41, 5.74) is 2.34. The molecule has 1 aromatic carbocycles. The predicted octanol–water partition coefficient (Wildman–Crippen LogP) is 7.02. The first-order chi connectivity index (χ1) is 14.7. The number of benzene rings is 1. The fraction of sp³-hybridized carbons (Fsp3) is 0.500. The van der Waals surface area contributed by atoms with Crippen LogP contribution in [0.2, 0.25) is 18.1 Å². The minimum absolute atomic E-state index is 0.0896. The van der Waals surface area contributed by atoms with Gasteiger partial charge >= 0.3 is 0 Å². The zero-order chi connectivity index (χ0) is 22.9. The zero-order valence-corrected chi connectivity index (χ0v) is 20.9. The molecule has 0 fully saturated rings. The number of hydrogen-bond donors (Lipinski definition) is 1. The van der Waals surface area contributed by atoms with Crippen molar-refractivity contribution >= 4 is 32.4 Å². The molecular formula is C26H39NO3Si. The second-order valence-electron chi connectivity index (χ2n) is 9.47. The van der Waals surface area contributed by atoms with Gasteiger partial charge in [-0.15, -0.1) is 0 Å². The number of aldehydes is 1. The van der Waals surface area contributed by atoms with Crippen LogP contribution in [0.25, 0.3) is 12.2 Å². The number of carbonyl (C=O) groups is 1. The number of furan rings is 1. The normalized spacial score (nSPS) is 12.5. The Balaban J connectivity index is 1.77. The van der Waals surface area contributed by atoms with Crippen molar-refractivity contribution in [3.8, 4) is 0 Å². The monoisotopic (exact) mass is 441 g/mol. The van der Waals surface area contributed by atoms with Gasteiger partial charge in [-0.25, -0.2) is 0 Å². The summed E-state index contributed by atoms with van der Waals surface area (Å²) in [4.78, 5) is 23.5. The molecule has 0 radical (unpaired) electrons. The van der Waals surface area contributed by atoms with Gasteiger partial charge in [0.2, 0.25) is 0 Å². The summed E-state index contributed by atoms with van der Waals surface area (Å²) in [6.07, 6.45) is 10.5. The molecular weight excluding hydrogens is 402 g/mol. The third-order valence-corrected chi connectivity index (χ3v) is 10.0. The van der Waals surface area contributed by atoms with Crippen LogP contribution in [0.3, 0.4) is 0 Å². The van der Waals surface area contributed by atoms with Gasteiger partial charge in [0.25, 0.3) is 0 Å². The average molecular weight is 442 g/mol. The molecule has 0 unspecified atom stereocenters. The number of anilines is 1. The van der Waals surface area contributed by atoms with E-state index in [4.69, 9.17) is 4.42 Å². The Labute approximate surface area is 189 Å². The molecule has 0 saturated carbocycles. The first-order valence-corrected chi connectivity index (χ1v) is 14.4. The lowest BCUT2D eigenvalue weighted by atomic mass is 10.0. The summed E-state index contributed by atoms with van der Waals surface area (Å²) in [6, 6.07) is 12.0. The van der Waals surface area contributed by atoms with Crippen molar-refractivity contribution in [2.75, 3.05) is 18.0 Å². The van der Waals surface area contributed by atoms with Crippen molar-refractivity contribution in [3.63, 3.8) is 0 Å². The smallest absolute Gasteiger partial charge is 0.188 e. The summed E-state index contributed by atoms with van der Waals surface area (Å²) in [6.45, 7) is 12.8. The molecule has 2 rings (SSSR count). The minimum atomic E-state index is -2.08. The molecule has 5 heteroatoms. The molecule has 0 aliphatic rings. The van der Waals surface area contributed by atoms with E-state index in [9.17, 15) is 9.59 Å². The van der Waals surface area contributed by atoms with Crippen molar-refractivity contribution in [1.29, 1.82) is 0 Å². The van der Waals surface area contributed by atoms with Crippen LogP contribution in [0.5, 0.6) is 0 Å². The molecule has 0 aliphatic carbocycles. The number of rotatable bonds is 13. The summed E-state index contributed by atoms with van der Waals surface area (Å²) in [7, 11) is -2.08. The Hall–Kier alpha value is -2.11. The standard InChI is InChI=1S/C26H39NO3Si/c1-6-27(20-10-8-7-9-19-26(2,3)31(4,5)29)23-14-11-22(12-15-23)13-16-24-17-18-25(21-28)30-24/h11-18,21,29H,6-10,19-20H2,1-5H3/b16-13+. The summed E-state index contributed by atoms with van der Waals surface area (Å²) in [5.74, 6) is 1.02. The summed E-state index contributed by atoms with van der Waals surface area (Å²) >= 11 is 0. The fourth-order valence-corrected chi connectivity index (χ4v) is 4.28. The van der Waals surface area contributed by atoms with E-state index in [1.807, 2.05) is 25.2 Å². The number of hydrogen-bond acceptors (Lipinski definition) is 4. The topological polar surface area (TPSA) is 53.7 Å². The van der Waals surface area contributed by atoms with E-state index in [2.05, 4.69) is 49.9 Å². The Kier molecular flexibility index (Phi) is 9.32. The molecule has 0 saturated heterocycles. The maximum Gasteiger partial charge on any atom is 0.188 e. The van der Waals surface area contributed by atoms with Crippen LogP contribution in [0.1, 0.15) is 74.8 Å². The molecule has 0 bridgehead atoms. The van der Waals surface area contributed by atoms with Crippen molar-refractivity contribution in [2.45, 2.75) is 71.0 Å². The van der Waals surface area contributed by atoms with Crippen molar-refractivity contribution in [1.82, 2.24) is 0 Å². The maximum atomic E-state index is 10.7. The van der Waals surface area contributed by atoms with Gasteiger partial charge in [0.15, 0.2) is 20.4 Å². The molecule has 1 heterocycles. The highest BCUT2D eigenvalue weighted by Crippen LogP contribution is 2.40. The zero-order valence-electron chi connectivity index (χ0n) is 19.9. The van der Waals surface area contributed by atoms with E-state index in [0.29, 0.717) is 17.8 Å². The van der Waals surface area contributed by atoms with Crippen LogP contribution in [-0.2, 0) is 0 Å². The van der Waals surface area contributed by atoms with Gasteiger partial charge in [0.1, 0.15) is 5.76 Å². The number of nitrogens with zero attached hydrogens (tertiary/aromatic N) is 1. The quantitative estimate of drug-likeness (QED) is 0.206. The van der Waals surface area contributed by atoms with E-state index in [1.54, 1.807) is 12.1 Å². The average Bonchev–Trinajstić information content (AvgIpc) is 3.19. The van der Waals surface area contributed by atoms with Gasteiger partial charge in [0, 0.05) is 18.8 Å². The minimum Gasteiger partial charge on any atom is -0.454 e. The first-order valence-electron chi connectivity index (χ1n) is 11.5. The highest BCUT2D eigenvalue weighted by atomic mass is 28.4. The molecule has 1 aromatic heterocycles. The highest BCUT2D eigenvalue weighted by molar-refractivity contribution is 6.72. The maximum absolute atomic E-state index is 10.7. The Morgan fingerprint density at radius 2 is 1.61 bits per heavy atom. The van der Waals surface area contributed by atoms with Crippen LogP contribution < -0.4 is 4.90 Å². The van der Waals surface area contributed by atoms with Crippen molar-refractivity contribution in [3.05, 3.63) is 53.5 Å². The molecule has 2 aromatic rings. The van der Waals surface area contributed by atoms with Gasteiger partial charge in [-0.05, 0) is 73.8 Å². The largest absolute Gasteiger partial charge is 0.454 e. The molecule has 1 N–H and O–H groups in total. The third-order valence-electron chi connectivity index (χ3n) is 6.48. The van der Waals surface area contributed by atoms with Gasteiger partial charge < -0.3 is 14.1 Å². The lowest BCUT2D eigenvalue weighted by Crippen LogP contribution is -2.38. The van der Waals surface area contributed by atoms with Crippen molar-refractivity contribution in [2.24, 2.45) is 0 Å².